The van der Waals surface area contributed by atoms with Gasteiger partial charge in [0, 0.05) is 0 Å². The monoisotopic (exact) mass is 362 g/mol. The maximum Gasteiger partial charge on any atom is 0.163 e. The molecule has 9 atom stereocenters. The quantitative estimate of drug-likeness (QED) is 0.665. The average molecular weight is 363 g/mol. The van der Waals surface area contributed by atoms with E-state index in [4.69, 9.17) is 9.47 Å². The number of aliphatic hydroxyl groups is 1. The van der Waals surface area contributed by atoms with Crippen molar-refractivity contribution in [3.8, 4) is 0 Å². The van der Waals surface area contributed by atoms with Gasteiger partial charge >= 0.3 is 0 Å². The van der Waals surface area contributed by atoms with Crippen LogP contribution in [0.1, 0.15) is 86.0 Å². The fourth-order valence-electron chi connectivity index (χ4n) is 8.48. The Bertz CT molecular complexity index is 598. The Hall–Kier alpha value is -0.120. The molecule has 5 fully saturated rings. The molecule has 1 aliphatic heterocycles. The van der Waals surface area contributed by atoms with Crippen LogP contribution in [0.4, 0.5) is 0 Å². The molecule has 26 heavy (non-hydrogen) atoms. The summed E-state index contributed by atoms with van der Waals surface area (Å²) in [6, 6.07) is 0. The van der Waals surface area contributed by atoms with Crippen molar-refractivity contribution in [1.29, 1.82) is 0 Å². The van der Waals surface area contributed by atoms with E-state index < -0.39 is 11.4 Å². The van der Waals surface area contributed by atoms with Crippen LogP contribution < -0.4 is 0 Å². The molecule has 0 bridgehead atoms. The maximum atomic E-state index is 11.2. The van der Waals surface area contributed by atoms with Gasteiger partial charge in [-0.2, -0.15) is 0 Å². The molecule has 1 N–H and O–H groups in total. The molecule has 148 valence electrons. The summed E-state index contributed by atoms with van der Waals surface area (Å²) >= 11 is 0. The van der Waals surface area contributed by atoms with Crippen molar-refractivity contribution in [2.75, 3.05) is 0 Å². The summed E-state index contributed by atoms with van der Waals surface area (Å²) in [5.74, 6) is 2.04. The zero-order valence-corrected chi connectivity index (χ0v) is 17.4. The molecule has 4 unspecified atom stereocenters. The van der Waals surface area contributed by atoms with E-state index in [9.17, 15) is 5.11 Å². The lowest BCUT2D eigenvalue weighted by Gasteiger charge is -2.63. The molecule has 0 aromatic rings. The van der Waals surface area contributed by atoms with Gasteiger partial charge in [-0.15, -0.1) is 0 Å². The molecule has 0 aromatic heterocycles. The van der Waals surface area contributed by atoms with Crippen LogP contribution in [0.2, 0.25) is 0 Å². The van der Waals surface area contributed by atoms with Gasteiger partial charge in [0.1, 0.15) is 0 Å². The topological polar surface area (TPSA) is 38.7 Å². The van der Waals surface area contributed by atoms with E-state index in [-0.39, 0.29) is 17.6 Å². The predicted octanol–water partition coefficient (Wildman–Crippen LogP) is 4.91. The molecule has 0 aromatic carbocycles. The molecule has 4 aliphatic carbocycles. The number of rotatable bonds is 0. The van der Waals surface area contributed by atoms with Crippen LogP contribution in [0, 0.1) is 34.5 Å². The highest BCUT2D eigenvalue weighted by molar-refractivity contribution is 5.17. The van der Waals surface area contributed by atoms with Crippen LogP contribution in [0.5, 0.6) is 0 Å². The lowest BCUT2D eigenvalue weighted by molar-refractivity contribution is -0.194. The standard InChI is InChI=1S/C23H38O3/c1-20(2)25-18-16-8-6-7-11-21(16,3)14-9-12-22(4)15(10-13-23(22,5)24)17(14)19(18)26-20/h14-19,24H,6-13H2,1-5H3/t14?,15?,16?,17?,18-,19-,21-,22+,23+/m1/s1. The van der Waals surface area contributed by atoms with Gasteiger partial charge in [-0.05, 0) is 93.8 Å². The van der Waals surface area contributed by atoms with Crippen molar-refractivity contribution in [2.45, 2.75) is 110 Å². The van der Waals surface area contributed by atoms with Crippen LogP contribution in [0.3, 0.4) is 0 Å². The van der Waals surface area contributed by atoms with Crippen LogP contribution in [0.25, 0.3) is 0 Å². The predicted molar refractivity (Wildman–Crippen MR) is 102 cm³/mol. The fraction of sp³-hybridized carbons (Fsp3) is 1.00. The summed E-state index contributed by atoms with van der Waals surface area (Å²) in [4.78, 5) is 0. The normalized spacial score (nSPS) is 60.7. The van der Waals surface area contributed by atoms with Gasteiger partial charge in [-0.25, -0.2) is 0 Å². The minimum absolute atomic E-state index is 0.0344. The van der Waals surface area contributed by atoms with E-state index in [0.29, 0.717) is 23.2 Å². The van der Waals surface area contributed by atoms with Crippen molar-refractivity contribution in [3.05, 3.63) is 0 Å². The molecule has 0 spiro atoms. The summed E-state index contributed by atoms with van der Waals surface area (Å²) < 4.78 is 13.2. The second-order valence-electron chi connectivity index (χ2n) is 11.5. The van der Waals surface area contributed by atoms with Crippen molar-refractivity contribution in [2.24, 2.45) is 34.5 Å². The molecule has 3 nitrogen and oxygen atoms in total. The van der Waals surface area contributed by atoms with E-state index in [1.165, 1.54) is 38.5 Å². The Morgan fingerprint density at radius 3 is 2.19 bits per heavy atom. The molecule has 0 amide bonds. The summed E-state index contributed by atoms with van der Waals surface area (Å²) in [5, 5.41) is 11.2. The highest BCUT2D eigenvalue weighted by Gasteiger charge is 2.69. The largest absolute Gasteiger partial charge is 0.390 e. The SMILES string of the molecule is CC1(C)O[C@@H]2C3C(CC[C@@]4(C)C3CC[C@]4(C)O)[C@@]3(C)CCCCC3[C@H]2O1. The number of ether oxygens (including phenoxy) is 2. The van der Waals surface area contributed by atoms with Crippen molar-refractivity contribution >= 4 is 0 Å². The Balaban J connectivity index is 1.60. The Labute approximate surface area is 159 Å². The molecular weight excluding hydrogens is 324 g/mol. The summed E-state index contributed by atoms with van der Waals surface area (Å²) in [6.45, 7) is 11.2. The summed E-state index contributed by atoms with van der Waals surface area (Å²) in [6.07, 6.45) is 10.4. The molecule has 5 rings (SSSR count). The first-order valence-electron chi connectivity index (χ1n) is 11.2. The summed E-state index contributed by atoms with van der Waals surface area (Å²) in [7, 11) is 0. The second kappa shape index (κ2) is 5.27. The molecule has 0 radical (unpaired) electrons. The van der Waals surface area contributed by atoms with Gasteiger partial charge in [0.15, 0.2) is 5.79 Å². The van der Waals surface area contributed by atoms with E-state index in [1.54, 1.807) is 0 Å². The first kappa shape index (κ1) is 17.9. The third-order valence-corrected chi connectivity index (χ3v) is 10.0. The Morgan fingerprint density at radius 2 is 1.42 bits per heavy atom. The molecular formula is C23H38O3. The van der Waals surface area contributed by atoms with Gasteiger partial charge in [-0.3, -0.25) is 0 Å². The Kier molecular flexibility index (Phi) is 3.64. The molecule has 5 aliphatic rings. The number of fused-ring (bicyclic) bond motifs is 8. The van der Waals surface area contributed by atoms with E-state index in [1.807, 2.05) is 0 Å². The first-order chi connectivity index (χ1) is 12.1. The zero-order chi connectivity index (χ0) is 18.5. The van der Waals surface area contributed by atoms with Crippen LogP contribution in [0.15, 0.2) is 0 Å². The lowest BCUT2D eigenvalue weighted by Crippen LogP contribution is -2.63. The molecule has 1 heterocycles. The average Bonchev–Trinajstić information content (AvgIpc) is 3.00. The van der Waals surface area contributed by atoms with Crippen LogP contribution in [-0.4, -0.2) is 28.7 Å². The van der Waals surface area contributed by atoms with E-state index in [2.05, 4.69) is 34.6 Å². The molecule has 4 saturated carbocycles. The van der Waals surface area contributed by atoms with Gasteiger partial charge in [0.05, 0.1) is 17.8 Å². The van der Waals surface area contributed by atoms with Gasteiger partial charge in [0.2, 0.25) is 0 Å². The van der Waals surface area contributed by atoms with Gasteiger partial charge < -0.3 is 14.6 Å². The highest BCUT2D eigenvalue weighted by atomic mass is 16.8. The van der Waals surface area contributed by atoms with Gasteiger partial charge in [0.25, 0.3) is 0 Å². The van der Waals surface area contributed by atoms with E-state index >= 15 is 0 Å². The molecule has 3 heteroatoms. The Morgan fingerprint density at radius 1 is 0.731 bits per heavy atom. The number of hydrogen-bond donors (Lipinski definition) is 1. The van der Waals surface area contributed by atoms with Crippen molar-refractivity contribution < 1.29 is 14.6 Å². The fourth-order valence-corrected chi connectivity index (χ4v) is 8.48. The number of hydrogen-bond acceptors (Lipinski definition) is 3. The second-order valence-corrected chi connectivity index (χ2v) is 11.5. The van der Waals surface area contributed by atoms with Crippen LogP contribution >= 0.6 is 0 Å². The first-order valence-corrected chi connectivity index (χ1v) is 11.2. The van der Waals surface area contributed by atoms with Gasteiger partial charge in [-0.1, -0.05) is 26.7 Å². The highest BCUT2D eigenvalue weighted by Crippen LogP contribution is 2.69. The lowest BCUT2D eigenvalue weighted by atomic mass is 9.43. The minimum Gasteiger partial charge on any atom is -0.390 e. The minimum atomic E-state index is -0.530. The summed E-state index contributed by atoms with van der Waals surface area (Å²) in [5.41, 5.74) is -0.103. The van der Waals surface area contributed by atoms with Crippen molar-refractivity contribution in [1.82, 2.24) is 0 Å². The van der Waals surface area contributed by atoms with Crippen LogP contribution in [-0.2, 0) is 9.47 Å². The molecule has 1 saturated heterocycles. The maximum absolute atomic E-state index is 11.2. The van der Waals surface area contributed by atoms with E-state index in [0.717, 1.165) is 18.8 Å². The zero-order valence-electron chi connectivity index (χ0n) is 17.4. The van der Waals surface area contributed by atoms with Crippen molar-refractivity contribution in [3.63, 3.8) is 0 Å². The third kappa shape index (κ3) is 2.12. The third-order valence-electron chi connectivity index (χ3n) is 10.0. The smallest absolute Gasteiger partial charge is 0.163 e.